The third kappa shape index (κ3) is 3.96. The van der Waals surface area contributed by atoms with Gasteiger partial charge in [0.2, 0.25) is 0 Å². The van der Waals surface area contributed by atoms with Gasteiger partial charge in [0.25, 0.3) is 0 Å². The van der Waals surface area contributed by atoms with E-state index in [-0.39, 0.29) is 0 Å². The summed E-state index contributed by atoms with van der Waals surface area (Å²) in [7, 11) is 0. The second kappa shape index (κ2) is 7.38. The van der Waals surface area contributed by atoms with Crippen molar-refractivity contribution in [2.24, 2.45) is 0 Å². The maximum absolute atomic E-state index is 3.73. The SMILES string of the molecule is CCNC1CCCCC1N1CCCCCCC1. The number of rotatable bonds is 3. The average Bonchev–Trinajstić information content (AvgIpc) is 2.30. The van der Waals surface area contributed by atoms with Gasteiger partial charge >= 0.3 is 0 Å². The summed E-state index contributed by atoms with van der Waals surface area (Å²) in [6.45, 7) is 6.09. The van der Waals surface area contributed by atoms with E-state index in [1.54, 1.807) is 0 Å². The summed E-state index contributed by atoms with van der Waals surface area (Å²) in [4.78, 5) is 2.81. The van der Waals surface area contributed by atoms with Gasteiger partial charge in [-0.1, -0.05) is 39.0 Å². The predicted molar refractivity (Wildman–Crippen MR) is 74.4 cm³/mol. The largest absolute Gasteiger partial charge is 0.313 e. The second-order valence-electron chi connectivity index (χ2n) is 5.82. The molecule has 0 bridgehead atoms. The Kier molecular flexibility index (Phi) is 5.79. The van der Waals surface area contributed by atoms with Crippen LogP contribution in [0.1, 0.15) is 64.7 Å². The highest BCUT2D eigenvalue weighted by Gasteiger charge is 2.29. The minimum Gasteiger partial charge on any atom is -0.313 e. The quantitative estimate of drug-likeness (QED) is 0.812. The van der Waals surface area contributed by atoms with Crippen molar-refractivity contribution in [3.63, 3.8) is 0 Å². The zero-order valence-electron chi connectivity index (χ0n) is 11.6. The summed E-state index contributed by atoms with van der Waals surface area (Å²) in [5, 5.41) is 3.73. The molecule has 1 heterocycles. The van der Waals surface area contributed by atoms with Gasteiger partial charge in [0.05, 0.1) is 0 Å². The number of hydrogen-bond donors (Lipinski definition) is 1. The highest BCUT2D eigenvalue weighted by Crippen LogP contribution is 2.25. The van der Waals surface area contributed by atoms with Crippen LogP contribution in [0, 0.1) is 0 Å². The van der Waals surface area contributed by atoms with Crippen LogP contribution < -0.4 is 5.32 Å². The molecule has 1 saturated carbocycles. The molecule has 0 spiro atoms. The Morgan fingerprint density at radius 1 is 0.882 bits per heavy atom. The summed E-state index contributed by atoms with van der Waals surface area (Å²) < 4.78 is 0. The van der Waals surface area contributed by atoms with Gasteiger partial charge in [0.1, 0.15) is 0 Å². The van der Waals surface area contributed by atoms with Crippen molar-refractivity contribution in [3.8, 4) is 0 Å². The summed E-state index contributed by atoms with van der Waals surface area (Å²) in [5.74, 6) is 0. The molecule has 0 aromatic heterocycles. The molecule has 0 aromatic rings. The van der Waals surface area contributed by atoms with E-state index in [2.05, 4.69) is 17.1 Å². The number of hydrogen-bond acceptors (Lipinski definition) is 2. The van der Waals surface area contributed by atoms with Crippen LogP contribution >= 0.6 is 0 Å². The van der Waals surface area contributed by atoms with E-state index in [0.717, 1.165) is 18.6 Å². The third-order valence-corrected chi connectivity index (χ3v) is 4.56. The van der Waals surface area contributed by atoms with Crippen LogP contribution in [0.3, 0.4) is 0 Å². The lowest BCUT2D eigenvalue weighted by atomic mass is 9.88. The van der Waals surface area contributed by atoms with Crippen molar-refractivity contribution in [1.82, 2.24) is 10.2 Å². The molecule has 2 nitrogen and oxygen atoms in total. The van der Waals surface area contributed by atoms with E-state index in [9.17, 15) is 0 Å². The van der Waals surface area contributed by atoms with Crippen LogP contribution in [-0.2, 0) is 0 Å². The molecule has 2 fully saturated rings. The maximum atomic E-state index is 3.73. The Labute approximate surface area is 107 Å². The molecular formula is C15H30N2. The monoisotopic (exact) mass is 238 g/mol. The van der Waals surface area contributed by atoms with Crippen molar-refractivity contribution >= 4 is 0 Å². The van der Waals surface area contributed by atoms with Crippen molar-refractivity contribution in [2.45, 2.75) is 76.8 Å². The van der Waals surface area contributed by atoms with E-state index in [0.29, 0.717) is 0 Å². The lowest BCUT2D eigenvalue weighted by Gasteiger charge is -2.41. The van der Waals surface area contributed by atoms with Crippen LogP contribution in [0.5, 0.6) is 0 Å². The summed E-state index contributed by atoms with van der Waals surface area (Å²) in [6, 6.07) is 1.61. The van der Waals surface area contributed by atoms with Crippen molar-refractivity contribution < 1.29 is 0 Å². The van der Waals surface area contributed by atoms with Crippen molar-refractivity contribution in [3.05, 3.63) is 0 Å². The molecule has 1 N–H and O–H groups in total. The van der Waals surface area contributed by atoms with Gasteiger partial charge < -0.3 is 5.32 Å². The van der Waals surface area contributed by atoms with Gasteiger partial charge in [-0.3, -0.25) is 4.90 Å². The zero-order chi connectivity index (χ0) is 11.9. The first-order valence-electron chi connectivity index (χ1n) is 7.89. The Morgan fingerprint density at radius 2 is 1.53 bits per heavy atom. The van der Waals surface area contributed by atoms with Gasteiger partial charge in [0, 0.05) is 12.1 Å². The Hall–Kier alpha value is -0.0800. The van der Waals surface area contributed by atoms with Gasteiger partial charge in [-0.05, 0) is 45.3 Å². The van der Waals surface area contributed by atoms with Gasteiger partial charge in [-0.15, -0.1) is 0 Å². The van der Waals surface area contributed by atoms with Gasteiger partial charge in [-0.2, -0.15) is 0 Å². The highest BCUT2D eigenvalue weighted by atomic mass is 15.2. The molecule has 17 heavy (non-hydrogen) atoms. The zero-order valence-corrected chi connectivity index (χ0v) is 11.6. The smallest absolute Gasteiger partial charge is 0.0249 e. The van der Waals surface area contributed by atoms with Crippen LogP contribution in [0.25, 0.3) is 0 Å². The normalized spacial score (nSPS) is 33.0. The number of nitrogens with zero attached hydrogens (tertiary/aromatic N) is 1. The van der Waals surface area contributed by atoms with E-state index in [4.69, 9.17) is 0 Å². The van der Waals surface area contributed by atoms with Crippen molar-refractivity contribution in [2.75, 3.05) is 19.6 Å². The van der Waals surface area contributed by atoms with E-state index >= 15 is 0 Å². The highest BCUT2D eigenvalue weighted by molar-refractivity contribution is 4.88. The maximum Gasteiger partial charge on any atom is 0.0249 e. The average molecular weight is 238 g/mol. The molecule has 0 amide bonds. The molecular weight excluding hydrogens is 208 g/mol. The second-order valence-corrected chi connectivity index (χ2v) is 5.82. The van der Waals surface area contributed by atoms with E-state index in [1.807, 2.05) is 0 Å². The minimum absolute atomic E-state index is 0.771. The summed E-state index contributed by atoms with van der Waals surface area (Å²) in [5.41, 5.74) is 0. The van der Waals surface area contributed by atoms with Gasteiger partial charge in [0.15, 0.2) is 0 Å². The van der Waals surface area contributed by atoms with Crippen LogP contribution in [0.15, 0.2) is 0 Å². The molecule has 2 atom stereocenters. The first-order chi connectivity index (χ1) is 8.42. The fourth-order valence-corrected chi connectivity index (χ4v) is 3.65. The molecule has 0 aromatic carbocycles. The van der Waals surface area contributed by atoms with Crippen LogP contribution in [-0.4, -0.2) is 36.6 Å². The molecule has 0 radical (unpaired) electrons. The topological polar surface area (TPSA) is 15.3 Å². The summed E-state index contributed by atoms with van der Waals surface area (Å²) >= 11 is 0. The molecule has 1 aliphatic heterocycles. The standard InChI is InChI=1S/C15H30N2/c1-2-16-14-10-6-7-11-15(14)17-12-8-4-3-5-9-13-17/h14-16H,2-13H2,1H3. The van der Waals surface area contributed by atoms with E-state index < -0.39 is 0 Å². The number of likely N-dealkylation sites (tertiary alicyclic amines) is 1. The molecule has 2 heteroatoms. The first kappa shape index (κ1) is 13.4. The molecule has 1 aliphatic carbocycles. The lowest BCUT2D eigenvalue weighted by Crippen LogP contribution is -2.52. The fraction of sp³-hybridized carbons (Fsp3) is 1.00. The predicted octanol–water partition coefficient (Wildman–Crippen LogP) is 3.17. The third-order valence-electron chi connectivity index (χ3n) is 4.56. The van der Waals surface area contributed by atoms with Crippen LogP contribution in [0.2, 0.25) is 0 Å². The first-order valence-corrected chi connectivity index (χ1v) is 7.89. The molecule has 2 aliphatic rings. The fourth-order valence-electron chi connectivity index (χ4n) is 3.65. The van der Waals surface area contributed by atoms with Gasteiger partial charge in [-0.25, -0.2) is 0 Å². The van der Waals surface area contributed by atoms with E-state index in [1.165, 1.54) is 70.9 Å². The Morgan fingerprint density at radius 3 is 2.24 bits per heavy atom. The summed E-state index contributed by atoms with van der Waals surface area (Å²) in [6.07, 6.45) is 12.9. The Bertz CT molecular complexity index is 195. The molecule has 2 rings (SSSR count). The van der Waals surface area contributed by atoms with Crippen LogP contribution in [0.4, 0.5) is 0 Å². The molecule has 100 valence electrons. The minimum atomic E-state index is 0.771. The molecule has 2 unspecified atom stereocenters. The van der Waals surface area contributed by atoms with Crippen molar-refractivity contribution in [1.29, 1.82) is 0 Å². The number of likely N-dealkylation sites (N-methyl/N-ethyl adjacent to an activating group) is 1. The molecule has 1 saturated heterocycles. The Balaban J connectivity index is 1.90. The number of nitrogens with one attached hydrogen (secondary N) is 1. The lowest BCUT2D eigenvalue weighted by molar-refractivity contribution is 0.113.